The molecule has 1 saturated carbocycles. The number of hydrogen-bond acceptors (Lipinski definition) is 4. The van der Waals surface area contributed by atoms with Crippen LogP contribution in [0, 0.1) is 5.92 Å². The van der Waals surface area contributed by atoms with E-state index in [1.54, 1.807) is 19.1 Å². The minimum absolute atomic E-state index is 0.160. The van der Waals surface area contributed by atoms with Gasteiger partial charge in [0.2, 0.25) is 15.9 Å². The number of anilines is 1. The zero-order chi connectivity index (χ0) is 16.6. The van der Waals surface area contributed by atoms with Gasteiger partial charge in [0.25, 0.3) is 5.91 Å². The predicted molar refractivity (Wildman–Crippen MR) is 86.6 cm³/mol. The monoisotopic (exact) mass is 336 g/mol. The number of carbonyl (C=O) groups is 2. The van der Waals surface area contributed by atoms with Crippen LogP contribution in [0.2, 0.25) is 0 Å². The highest BCUT2D eigenvalue weighted by atomic mass is 32.2. The Morgan fingerprint density at radius 2 is 1.78 bits per heavy atom. The molecule has 0 radical (unpaired) electrons. The van der Waals surface area contributed by atoms with Crippen molar-refractivity contribution in [3.63, 3.8) is 0 Å². The van der Waals surface area contributed by atoms with Crippen LogP contribution in [0.4, 0.5) is 5.69 Å². The molecule has 2 amide bonds. The van der Waals surface area contributed by atoms with E-state index in [2.05, 4.69) is 5.32 Å². The third-order valence-corrected chi connectivity index (χ3v) is 6.28. The summed E-state index contributed by atoms with van der Waals surface area (Å²) in [5.41, 5.74) is 0.759. The van der Waals surface area contributed by atoms with Gasteiger partial charge in [0.1, 0.15) is 0 Å². The summed E-state index contributed by atoms with van der Waals surface area (Å²) in [6.45, 7) is 1.60. The molecule has 0 aromatic heterocycles. The van der Waals surface area contributed by atoms with Gasteiger partial charge in [-0.05, 0) is 37.1 Å². The van der Waals surface area contributed by atoms with Crippen LogP contribution in [0.3, 0.4) is 0 Å². The molecular formula is C16H20N2O4S. The van der Waals surface area contributed by atoms with Gasteiger partial charge < -0.3 is 5.32 Å². The van der Waals surface area contributed by atoms with Crippen LogP contribution in [-0.2, 0) is 14.8 Å². The Morgan fingerprint density at radius 1 is 1.17 bits per heavy atom. The lowest BCUT2D eigenvalue weighted by Crippen LogP contribution is -2.33. The highest BCUT2D eigenvalue weighted by molar-refractivity contribution is 7.94. The third-order valence-electron chi connectivity index (χ3n) is 4.41. The molecule has 2 fully saturated rings. The average Bonchev–Trinajstić information content (AvgIpc) is 3.06. The van der Waals surface area contributed by atoms with Crippen LogP contribution in [0.15, 0.2) is 24.3 Å². The molecule has 1 saturated heterocycles. The third kappa shape index (κ3) is 3.10. The second-order valence-electron chi connectivity index (χ2n) is 6.28. The van der Waals surface area contributed by atoms with Gasteiger partial charge in [-0.2, -0.15) is 0 Å². The average molecular weight is 336 g/mol. The van der Waals surface area contributed by atoms with Crippen LogP contribution in [0.5, 0.6) is 0 Å². The van der Waals surface area contributed by atoms with E-state index in [0.717, 1.165) is 30.0 Å². The quantitative estimate of drug-likeness (QED) is 0.910. The zero-order valence-corrected chi connectivity index (χ0v) is 13.8. The van der Waals surface area contributed by atoms with Crippen molar-refractivity contribution in [2.75, 3.05) is 10.1 Å². The smallest absolute Gasteiger partial charge is 0.251 e. The van der Waals surface area contributed by atoms with Crippen molar-refractivity contribution in [3.05, 3.63) is 29.8 Å². The Hall–Kier alpha value is -1.89. The van der Waals surface area contributed by atoms with E-state index in [9.17, 15) is 18.0 Å². The Labute approximate surface area is 135 Å². The first kappa shape index (κ1) is 16.0. The normalized spacial score (nSPS) is 24.1. The maximum absolute atomic E-state index is 12.2. The number of amides is 2. The Morgan fingerprint density at radius 3 is 2.30 bits per heavy atom. The molecule has 1 aromatic rings. The number of nitrogens with one attached hydrogen (secondary N) is 1. The van der Waals surface area contributed by atoms with E-state index in [-0.39, 0.29) is 23.4 Å². The first-order chi connectivity index (χ1) is 10.9. The fourth-order valence-electron chi connectivity index (χ4n) is 3.17. The second-order valence-corrected chi connectivity index (χ2v) is 8.15. The molecule has 2 aliphatic rings. The molecule has 7 heteroatoms. The molecule has 1 heterocycles. The van der Waals surface area contributed by atoms with Crippen molar-refractivity contribution in [2.45, 2.75) is 38.6 Å². The van der Waals surface area contributed by atoms with E-state index >= 15 is 0 Å². The number of sulfonamides is 1. The first-order valence-corrected chi connectivity index (χ1v) is 9.47. The Balaban J connectivity index is 1.77. The van der Waals surface area contributed by atoms with Gasteiger partial charge in [-0.15, -0.1) is 0 Å². The van der Waals surface area contributed by atoms with Crippen molar-refractivity contribution < 1.29 is 18.0 Å². The maximum Gasteiger partial charge on any atom is 0.251 e. The first-order valence-electron chi connectivity index (χ1n) is 7.86. The number of nitrogens with zero attached hydrogens (tertiary/aromatic N) is 1. The van der Waals surface area contributed by atoms with Crippen LogP contribution in [-0.4, -0.2) is 32.0 Å². The van der Waals surface area contributed by atoms with E-state index in [1.807, 2.05) is 0 Å². The topological polar surface area (TPSA) is 83.6 Å². The summed E-state index contributed by atoms with van der Waals surface area (Å²) < 4.78 is 25.0. The van der Waals surface area contributed by atoms with Crippen molar-refractivity contribution in [1.82, 2.24) is 5.32 Å². The minimum atomic E-state index is -3.61. The SMILES string of the molecule is C[C@H]1CS(=O)(=O)N(c2ccc(C(=O)NC3CCCC3)cc2)C1=O. The Kier molecular flexibility index (Phi) is 4.14. The van der Waals surface area contributed by atoms with Crippen molar-refractivity contribution in [3.8, 4) is 0 Å². The molecule has 0 bridgehead atoms. The van der Waals surface area contributed by atoms with Crippen LogP contribution in [0.25, 0.3) is 0 Å². The van der Waals surface area contributed by atoms with Gasteiger partial charge in [-0.1, -0.05) is 19.8 Å². The molecule has 1 aromatic carbocycles. The van der Waals surface area contributed by atoms with E-state index in [0.29, 0.717) is 5.56 Å². The molecular weight excluding hydrogens is 316 g/mol. The summed E-state index contributed by atoms with van der Waals surface area (Å²) in [4.78, 5) is 24.2. The molecule has 1 N–H and O–H groups in total. The largest absolute Gasteiger partial charge is 0.349 e. The molecule has 1 atom stereocenters. The minimum Gasteiger partial charge on any atom is -0.349 e. The lowest BCUT2D eigenvalue weighted by atomic mass is 10.1. The van der Waals surface area contributed by atoms with E-state index in [4.69, 9.17) is 0 Å². The lowest BCUT2D eigenvalue weighted by Gasteiger charge is -2.16. The molecule has 0 unspecified atom stereocenters. The summed E-state index contributed by atoms with van der Waals surface area (Å²) >= 11 is 0. The van der Waals surface area contributed by atoms with Crippen molar-refractivity contribution >= 4 is 27.5 Å². The predicted octanol–water partition coefficient (Wildman–Crippen LogP) is 1.67. The van der Waals surface area contributed by atoms with Gasteiger partial charge >= 0.3 is 0 Å². The number of hydrogen-bond donors (Lipinski definition) is 1. The number of rotatable bonds is 3. The van der Waals surface area contributed by atoms with Crippen LogP contribution in [0.1, 0.15) is 43.0 Å². The van der Waals surface area contributed by atoms with E-state index < -0.39 is 21.8 Å². The molecule has 3 rings (SSSR count). The number of benzene rings is 1. The fraction of sp³-hybridized carbons (Fsp3) is 0.500. The van der Waals surface area contributed by atoms with Gasteiger partial charge in [-0.25, -0.2) is 12.7 Å². The summed E-state index contributed by atoms with van der Waals surface area (Å²) in [5, 5.41) is 2.98. The standard InChI is InChI=1S/C16H20N2O4S/c1-11-10-23(21,22)18(16(11)20)14-8-6-12(7-9-14)15(19)17-13-4-2-3-5-13/h6-9,11,13H,2-5,10H2,1H3,(H,17,19)/t11-/m0/s1. The highest BCUT2D eigenvalue weighted by Gasteiger charge is 2.41. The molecule has 6 nitrogen and oxygen atoms in total. The second kappa shape index (κ2) is 5.96. The van der Waals surface area contributed by atoms with Crippen LogP contribution >= 0.6 is 0 Å². The van der Waals surface area contributed by atoms with Crippen molar-refractivity contribution in [1.29, 1.82) is 0 Å². The summed E-state index contributed by atoms with van der Waals surface area (Å²) in [6.07, 6.45) is 4.28. The fourth-order valence-corrected chi connectivity index (χ4v) is 4.99. The molecule has 0 spiro atoms. The molecule has 1 aliphatic heterocycles. The summed E-state index contributed by atoms with van der Waals surface area (Å²) in [5.74, 6) is -1.29. The highest BCUT2D eigenvalue weighted by Crippen LogP contribution is 2.28. The van der Waals surface area contributed by atoms with Gasteiger partial charge in [0.15, 0.2) is 0 Å². The summed E-state index contributed by atoms with van der Waals surface area (Å²) in [6, 6.07) is 6.37. The van der Waals surface area contributed by atoms with E-state index in [1.165, 1.54) is 12.1 Å². The number of carbonyl (C=O) groups excluding carboxylic acids is 2. The maximum atomic E-state index is 12.2. The lowest BCUT2D eigenvalue weighted by molar-refractivity contribution is -0.119. The van der Waals surface area contributed by atoms with Gasteiger partial charge in [0.05, 0.1) is 17.4 Å². The molecule has 1 aliphatic carbocycles. The molecule has 23 heavy (non-hydrogen) atoms. The summed E-state index contributed by atoms with van der Waals surface area (Å²) in [7, 11) is -3.61. The molecule has 124 valence electrons. The van der Waals surface area contributed by atoms with Gasteiger partial charge in [-0.3, -0.25) is 9.59 Å². The Bertz CT molecular complexity index is 721. The van der Waals surface area contributed by atoms with Gasteiger partial charge in [0, 0.05) is 11.6 Å². The zero-order valence-electron chi connectivity index (χ0n) is 13.0. The van der Waals surface area contributed by atoms with Crippen LogP contribution < -0.4 is 9.62 Å². The van der Waals surface area contributed by atoms with Crippen molar-refractivity contribution in [2.24, 2.45) is 5.92 Å².